The van der Waals surface area contributed by atoms with Crippen molar-refractivity contribution in [3.63, 3.8) is 0 Å². The molecule has 5 nitrogen and oxygen atoms in total. The molecule has 0 unspecified atom stereocenters. The number of carboxylic acid groups (broad SMARTS) is 1. The van der Waals surface area contributed by atoms with Gasteiger partial charge in [0.1, 0.15) is 11.5 Å². The van der Waals surface area contributed by atoms with E-state index in [0.717, 1.165) is 27.6 Å². The number of carbonyl (C=O) groups excluding carboxylic acids is 1. The zero-order valence-corrected chi connectivity index (χ0v) is 18.1. The first-order chi connectivity index (χ1) is 16.0. The molecule has 1 amide bonds. The van der Waals surface area contributed by atoms with Gasteiger partial charge >= 0.3 is 5.97 Å². The van der Waals surface area contributed by atoms with Crippen LogP contribution in [0.1, 0.15) is 17.5 Å². The van der Waals surface area contributed by atoms with Gasteiger partial charge in [-0.05, 0) is 52.6 Å². The van der Waals surface area contributed by atoms with Crippen molar-refractivity contribution in [3.05, 3.63) is 108 Å². The molecule has 0 aliphatic carbocycles. The lowest BCUT2D eigenvalue weighted by molar-refractivity contribution is -0.137. The lowest BCUT2D eigenvalue weighted by atomic mass is 9.99. The molecule has 2 N–H and O–H groups in total. The van der Waals surface area contributed by atoms with Gasteiger partial charge in [0.25, 0.3) is 0 Å². The lowest BCUT2D eigenvalue weighted by Crippen LogP contribution is -2.38. The number of benzene rings is 4. The summed E-state index contributed by atoms with van der Waals surface area (Å²) in [6.07, 6.45) is 0.481. The highest BCUT2D eigenvalue weighted by Crippen LogP contribution is 2.21. The van der Waals surface area contributed by atoms with Gasteiger partial charge in [0.15, 0.2) is 0 Å². The number of ether oxygens (including phenoxy) is 1. The van der Waals surface area contributed by atoms with Crippen LogP contribution in [0.25, 0.3) is 10.8 Å². The Hall–Kier alpha value is -4.12. The maximum absolute atomic E-state index is 12.6. The van der Waals surface area contributed by atoms with Crippen LogP contribution in [0.2, 0.25) is 0 Å². The van der Waals surface area contributed by atoms with Crippen molar-refractivity contribution in [3.8, 4) is 11.5 Å². The van der Waals surface area contributed by atoms with Crippen LogP contribution in [0.15, 0.2) is 97.1 Å². The van der Waals surface area contributed by atoms with Gasteiger partial charge in [-0.3, -0.25) is 9.59 Å². The summed E-state index contributed by atoms with van der Waals surface area (Å²) < 4.78 is 5.78. The average molecular weight is 440 g/mol. The van der Waals surface area contributed by atoms with Crippen LogP contribution >= 0.6 is 0 Å². The van der Waals surface area contributed by atoms with Gasteiger partial charge < -0.3 is 15.2 Å². The summed E-state index contributed by atoms with van der Waals surface area (Å²) in [7, 11) is 0. The molecule has 4 rings (SSSR count). The van der Waals surface area contributed by atoms with Crippen molar-refractivity contribution in [1.82, 2.24) is 5.32 Å². The maximum Gasteiger partial charge on any atom is 0.305 e. The molecular weight excluding hydrogens is 414 g/mol. The van der Waals surface area contributed by atoms with Gasteiger partial charge in [0.05, 0.1) is 12.8 Å². The minimum atomic E-state index is -0.941. The Morgan fingerprint density at radius 3 is 2.12 bits per heavy atom. The molecule has 0 fully saturated rings. The monoisotopic (exact) mass is 439 g/mol. The summed E-state index contributed by atoms with van der Waals surface area (Å²) in [5, 5.41) is 14.4. The summed E-state index contributed by atoms with van der Waals surface area (Å²) in [6, 6.07) is 30.4. The Morgan fingerprint density at radius 1 is 0.758 bits per heavy atom. The Morgan fingerprint density at radius 2 is 1.39 bits per heavy atom. The molecule has 0 heterocycles. The molecule has 0 spiro atoms. The minimum absolute atomic E-state index is 0.136. The topological polar surface area (TPSA) is 75.6 Å². The van der Waals surface area contributed by atoms with E-state index < -0.39 is 12.0 Å². The first-order valence-corrected chi connectivity index (χ1v) is 10.9. The molecule has 166 valence electrons. The Labute approximate surface area is 192 Å². The van der Waals surface area contributed by atoms with Crippen molar-refractivity contribution in [2.24, 2.45) is 0 Å². The van der Waals surface area contributed by atoms with Crippen LogP contribution < -0.4 is 10.1 Å². The zero-order valence-electron chi connectivity index (χ0n) is 18.1. The highest BCUT2D eigenvalue weighted by Gasteiger charge is 2.17. The van der Waals surface area contributed by atoms with E-state index in [1.807, 2.05) is 97.1 Å². The van der Waals surface area contributed by atoms with Gasteiger partial charge in [-0.2, -0.15) is 0 Å². The quantitative estimate of drug-likeness (QED) is 0.367. The number of amides is 1. The van der Waals surface area contributed by atoms with Gasteiger partial charge in [-0.15, -0.1) is 0 Å². The second-order valence-corrected chi connectivity index (χ2v) is 7.98. The highest BCUT2D eigenvalue weighted by molar-refractivity contribution is 5.83. The number of carbonyl (C=O) groups is 2. The third kappa shape index (κ3) is 6.43. The number of rotatable bonds is 9. The Bertz CT molecular complexity index is 1240. The molecule has 4 aromatic carbocycles. The van der Waals surface area contributed by atoms with E-state index in [2.05, 4.69) is 5.32 Å². The van der Waals surface area contributed by atoms with E-state index in [-0.39, 0.29) is 18.7 Å². The first kappa shape index (κ1) is 22.1. The van der Waals surface area contributed by atoms with E-state index in [1.165, 1.54) is 0 Å². The molecule has 0 aliphatic heterocycles. The molecular formula is C28H25NO4. The number of aliphatic carboxylic acids is 1. The van der Waals surface area contributed by atoms with Crippen LogP contribution in [0.3, 0.4) is 0 Å². The lowest BCUT2D eigenvalue weighted by Gasteiger charge is -2.18. The van der Waals surface area contributed by atoms with E-state index in [4.69, 9.17) is 4.74 Å². The fourth-order valence-corrected chi connectivity index (χ4v) is 3.80. The van der Waals surface area contributed by atoms with Gasteiger partial charge in [0.2, 0.25) is 5.91 Å². The molecule has 0 aromatic heterocycles. The van der Waals surface area contributed by atoms with E-state index in [0.29, 0.717) is 12.2 Å². The summed E-state index contributed by atoms with van der Waals surface area (Å²) >= 11 is 0. The normalized spacial score (nSPS) is 11.6. The smallest absolute Gasteiger partial charge is 0.305 e. The fraction of sp³-hybridized carbons (Fsp3) is 0.143. The predicted octanol–water partition coefficient (Wildman–Crippen LogP) is 5.38. The molecule has 33 heavy (non-hydrogen) atoms. The van der Waals surface area contributed by atoms with Crippen LogP contribution in [0, 0.1) is 0 Å². The van der Waals surface area contributed by atoms with Crippen molar-refractivity contribution in [2.75, 3.05) is 0 Å². The number of hydrogen-bond donors (Lipinski definition) is 2. The largest absolute Gasteiger partial charge is 0.481 e. The van der Waals surface area contributed by atoms with E-state index in [1.54, 1.807) is 0 Å². The standard InChI is InChI=1S/C28H25NO4/c30-27(18-20-11-14-26(15-12-20)33-25-8-2-1-3-9-25)29-24(19-28(31)32)17-21-10-13-22-6-4-5-7-23(22)16-21/h1-16,24H,17-19H2,(H,29,30)(H,31,32)/t24-/m1/s1. The predicted molar refractivity (Wildman–Crippen MR) is 128 cm³/mol. The van der Waals surface area contributed by atoms with Gasteiger partial charge in [-0.1, -0.05) is 72.8 Å². The Balaban J connectivity index is 1.37. The number of fused-ring (bicyclic) bond motifs is 1. The number of carboxylic acids is 1. The van der Waals surface area contributed by atoms with Gasteiger partial charge in [-0.25, -0.2) is 0 Å². The molecule has 4 aromatic rings. The third-order valence-electron chi connectivity index (χ3n) is 5.35. The second-order valence-electron chi connectivity index (χ2n) is 7.98. The molecule has 1 atom stereocenters. The molecule has 0 radical (unpaired) electrons. The number of hydrogen-bond acceptors (Lipinski definition) is 3. The van der Waals surface area contributed by atoms with Crippen molar-refractivity contribution >= 4 is 22.6 Å². The zero-order chi connectivity index (χ0) is 23.0. The molecule has 0 aliphatic rings. The number of nitrogens with one attached hydrogen (secondary N) is 1. The van der Waals surface area contributed by atoms with Crippen molar-refractivity contribution < 1.29 is 19.4 Å². The summed E-state index contributed by atoms with van der Waals surface area (Å²) in [5.74, 6) is 0.279. The van der Waals surface area contributed by atoms with Crippen molar-refractivity contribution in [2.45, 2.75) is 25.3 Å². The van der Waals surface area contributed by atoms with Crippen molar-refractivity contribution in [1.29, 1.82) is 0 Å². The van der Waals surface area contributed by atoms with Gasteiger partial charge in [0, 0.05) is 6.04 Å². The minimum Gasteiger partial charge on any atom is -0.481 e. The molecule has 0 saturated heterocycles. The van der Waals surface area contributed by atoms with E-state index in [9.17, 15) is 14.7 Å². The highest BCUT2D eigenvalue weighted by atomic mass is 16.5. The second kappa shape index (κ2) is 10.5. The average Bonchev–Trinajstić information content (AvgIpc) is 2.80. The first-order valence-electron chi connectivity index (χ1n) is 10.9. The molecule has 0 bridgehead atoms. The SMILES string of the molecule is O=C(O)C[C@@H](Cc1ccc2ccccc2c1)NC(=O)Cc1ccc(Oc2ccccc2)cc1. The summed E-state index contributed by atoms with van der Waals surface area (Å²) in [5.41, 5.74) is 1.82. The molecule has 0 saturated carbocycles. The van der Waals surface area contributed by atoms with E-state index >= 15 is 0 Å². The van der Waals surface area contributed by atoms with Crippen LogP contribution in [-0.4, -0.2) is 23.0 Å². The third-order valence-corrected chi connectivity index (χ3v) is 5.35. The Kier molecular flexibility index (Phi) is 7.00. The number of para-hydroxylation sites is 1. The van der Waals surface area contributed by atoms with Crippen LogP contribution in [0.4, 0.5) is 0 Å². The summed E-state index contributed by atoms with van der Waals surface area (Å²) in [4.78, 5) is 24.0. The van der Waals surface area contributed by atoms with Crippen LogP contribution in [0.5, 0.6) is 11.5 Å². The summed E-state index contributed by atoms with van der Waals surface area (Å²) in [6.45, 7) is 0. The van der Waals surface area contributed by atoms with Crippen LogP contribution in [-0.2, 0) is 22.4 Å². The maximum atomic E-state index is 12.6. The molecule has 5 heteroatoms. The fourth-order valence-electron chi connectivity index (χ4n) is 3.80.